The average molecular weight is 1010 g/mol. The SMILES string of the molecule is CCCCC[C@H]1CCCCCCCCCC(=O)O[C@@H]2[C@@H](C[C@@H]3O[C@H](C)[C@@H](OC(=O)C(C)C)[C@@H](O)[C@@H]3O)[C@H](C)O[C@@H](O[C@H]3[C@H](O[C@H]4[C@H](O1)O[C@H](O)[C@@H](O)[C@@H]4O)O[C@H](CO)[C@@H](O)[C@@H]3O)[C@@H]2OC(=O)[C@@H](C)CC. The molecule has 70 heavy (non-hydrogen) atoms. The minimum atomic E-state index is -1.94. The van der Waals surface area contributed by atoms with E-state index in [2.05, 4.69) is 6.92 Å². The molecule has 2 bridgehead atoms. The summed E-state index contributed by atoms with van der Waals surface area (Å²) in [4.78, 5) is 40.4. The van der Waals surface area contributed by atoms with Crippen LogP contribution in [0.15, 0.2) is 0 Å². The Morgan fingerprint density at radius 2 is 1.21 bits per heavy atom. The van der Waals surface area contributed by atoms with Crippen molar-refractivity contribution >= 4 is 17.9 Å². The Balaban J connectivity index is 1.55. The van der Waals surface area contributed by atoms with Crippen molar-refractivity contribution in [2.24, 2.45) is 17.8 Å². The lowest BCUT2D eigenvalue weighted by Gasteiger charge is -2.50. The van der Waals surface area contributed by atoms with Crippen molar-refractivity contribution in [3.63, 3.8) is 0 Å². The van der Waals surface area contributed by atoms with Gasteiger partial charge < -0.3 is 88.2 Å². The smallest absolute Gasteiger partial charge is 0.309 e. The van der Waals surface area contributed by atoms with Crippen LogP contribution in [-0.2, 0) is 61.8 Å². The molecule has 0 aromatic carbocycles. The highest BCUT2D eigenvalue weighted by Gasteiger charge is 2.57. The van der Waals surface area contributed by atoms with Crippen LogP contribution in [0.3, 0.4) is 0 Å². The third kappa shape index (κ3) is 15.2. The van der Waals surface area contributed by atoms with Crippen molar-refractivity contribution < 1.29 is 103 Å². The highest BCUT2D eigenvalue weighted by molar-refractivity contribution is 5.73. The average Bonchev–Trinajstić information content (AvgIpc) is 3.32. The molecule has 406 valence electrons. The molecule has 5 heterocycles. The van der Waals surface area contributed by atoms with E-state index in [9.17, 15) is 55.2 Å². The first kappa shape index (κ1) is 58.7. The fourth-order valence-corrected chi connectivity index (χ4v) is 9.73. The number of rotatable bonds is 12. The Bertz CT molecular complexity index is 1590. The Hall–Kier alpha value is -2.19. The first-order chi connectivity index (χ1) is 33.3. The summed E-state index contributed by atoms with van der Waals surface area (Å²) in [6, 6.07) is 0. The second-order valence-corrected chi connectivity index (χ2v) is 20.2. The number of carbonyl (C=O) groups excluding carboxylic acids is 3. The summed E-state index contributed by atoms with van der Waals surface area (Å²) in [5, 5.41) is 89.2. The van der Waals surface area contributed by atoms with E-state index in [4.69, 9.17) is 47.4 Å². The number of esters is 3. The molecule has 5 fully saturated rings. The molecular weight excluding hydrogens is 925 g/mol. The molecule has 5 rings (SSSR count). The van der Waals surface area contributed by atoms with Crippen molar-refractivity contribution in [2.45, 2.75) is 268 Å². The quantitative estimate of drug-likeness (QED) is 0.0785. The molecule has 0 aromatic rings. The zero-order valence-corrected chi connectivity index (χ0v) is 42.0. The van der Waals surface area contributed by atoms with Crippen LogP contribution in [-0.4, -0.2) is 188 Å². The molecule has 0 saturated carbocycles. The number of ether oxygens (including phenoxy) is 10. The third-order valence-corrected chi connectivity index (χ3v) is 14.4. The van der Waals surface area contributed by atoms with Crippen LogP contribution >= 0.6 is 0 Å². The maximum Gasteiger partial charge on any atom is 0.309 e. The van der Waals surface area contributed by atoms with Gasteiger partial charge in [0, 0.05) is 12.3 Å². The summed E-state index contributed by atoms with van der Waals surface area (Å²) < 4.78 is 61.7. The molecule has 0 aromatic heterocycles. The van der Waals surface area contributed by atoms with E-state index in [1.54, 1.807) is 41.5 Å². The highest BCUT2D eigenvalue weighted by Crippen LogP contribution is 2.40. The van der Waals surface area contributed by atoms with Crippen molar-refractivity contribution in [1.29, 1.82) is 0 Å². The molecular formula is C49H84O21. The van der Waals surface area contributed by atoms with Crippen LogP contribution < -0.4 is 0 Å². The van der Waals surface area contributed by atoms with E-state index in [1.165, 1.54) is 0 Å². The van der Waals surface area contributed by atoms with Crippen LogP contribution in [0, 0.1) is 17.8 Å². The van der Waals surface area contributed by atoms with E-state index < -0.39 is 165 Å². The molecule has 0 amide bonds. The zero-order valence-electron chi connectivity index (χ0n) is 42.0. The van der Waals surface area contributed by atoms with Gasteiger partial charge >= 0.3 is 17.9 Å². The van der Waals surface area contributed by atoms with Gasteiger partial charge in [-0.1, -0.05) is 92.4 Å². The lowest BCUT2D eigenvalue weighted by molar-refractivity contribution is -0.404. The lowest BCUT2D eigenvalue weighted by Crippen LogP contribution is -2.67. The Labute approximate surface area is 411 Å². The molecule has 0 unspecified atom stereocenters. The number of hydrogen-bond donors (Lipinski definition) is 8. The maximum absolute atomic E-state index is 14.0. The monoisotopic (exact) mass is 1010 g/mol. The van der Waals surface area contributed by atoms with Crippen molar-refractivity contribution in [3.8, 4) is 0 Å². The third-order valence-electron chi connectivity index (χ3n) is 14.4. The maximum atomic E-state index is 14.0. The predicted octanol–water partition coefficient (Wildman–Crippen LogP) is 1.78. The number of carbonyl (C=O) groups is 3. The van der Waals surface area contributed by atoms with Crippen LogP contribution in [0.4, 0.5) is 0 Å². The van der Waals surface area contributed by atoms with E-state index >= 15 is 0 Å². The summed E-state index contributed by atoms with van der Waals surface area (Å²) in [5.41, 5.74) is 0. The summed E-state index contributed by atoms with van der Waals surface area (Å²) in [5.74, 6) is -4.11. The van der Waals surface area contributed by atoms with Gasteiger partial charge in [0.1, 0.15) is 61.0 Å². The highest BCUT2D eigenvalue weighted by atomic mass is 16.8. The minimum absolute atomic E-state index is 0.00131. The van der Waals surface area contributed by atoms with Gasteiger partial charge in [-0.3, -0.25) is 14.4 Å². The summed E-state index contributed by atoms with van der Waals surface area (Å²) >= 11 is 0. The summed E-state index contributed by atoms with van der Waals surface area (Å²) in [7, 11) is 0. The number of aliphatic hydroxyl groups is 8. The van der Waals surface area contributed by atoms with E-state index in [0.717, 1.165) is 57.8 Å². The lowest BCUT2D eigenvalue weighted by atomic mass is 9.81. The Kier molecular flexibility index (Phi) is 23.4. The molecule has 0 radical (unpaired) electrons. The number of unbranched alkanes of at least 4 members (excludes halogenated alkanes) is 2. The molecule has 5 saturated heterocycles. The molecule has 22 atom stereocenters. The Morgan fingerprint density at radius 3 is 1.86 bits per heavy atom. The molecule has 5 aliphatic rings. The van der Waals surface area contributed by atoms with Crippen molar-refractivity contribution in [2.75, 3.05) is 6.61 Å². The largest absolute Gasteiger partial charge is 0.458 e. The molecule has 5 aliphatic heterocycles. The van der Waals surface area contributed by atoms with E-state index in [1.807, 2.05) is 0 Å². The minimum Gasteiger partial charge on any atom is -0.458 e. The van der Waals surface area contributed by atoms with Crippen LogP contribution in [0.1, 0.15) is 145 Å². The van der Waals surface area contributed by atoms with Crippen LogP contribution in [0.25, 0.3) is 0 Å². The molecule has 8 N–H and O–H groups in total. The van der Waals surface area contributed by atoms with Crippen LogP contribution in [0.5, 0.6) is 0 Å². The standard InChI is InChI=1S/C49H84O21/c1-8-10-16-19-28-20-17-14-12-11-13-15-18-21-32(51)65-40-29(22-30-33(52)35(54)39(27(7)61-30)66-44(58)24(3)4)26(6)62-49(43(40)67-45(59)25(5)9-2)69-41-36(55)34(53)31(23-50)64-48(41)68-42-37(56)38(57)46(60)70-47(42)63-28/h24-31,33-43,46-50,52-57,60H,8-23H2,1-7H3/t25-,26-,27+,28-,29-,30-,31+,33+,34+,35-,36-,37-,38-,39+,40+,41+,42+,43+,46-,47+,48-,49-/m0/s1. The Morgan fingerprint density at radius 1 is 0.614 bits per heavy atom. The van der Waals surface area contributed by atoms with Crippen LogP contribution in [0.2, 0.25) is 0 Å². The number of hydrogen-bond acceptors (Lipinski definition) is 21. The number of fused-ring (bicyclic) bond motifs is 4. The zero-order chi connectivity index (χ0) is 51.4. The predicted molar refractivity (Wildman–Crippen MR) is 244 cm³/mol. The van der Waals surface area contributed by atoms with Crippen molar-refractivity contribution in [3.05, 3.63) is 0 Å². The number of aliphatic hydroxyl groups excluding tert-OH is 8. The van der Waals surface area contributed by atoms with Gasteiger partial charge in [-0.2, -0.15) is 0 Å². The first-order valence-electron chi connectivity index (χ1n) is 25.9. The van der Waals surface area contributed by atoms with Gasteiger partial charge in [0.05, 0.1) is 42.9 Å². The normalized spacial score (nSPS) is 42.5. The van der Waals surface area contributed by atoms with Gasteiger partial charge in [-0.25, -0.2) is 0 Å². The molecule has 21 heteroatoms. The van der Waals surface area contributed by atoms with Gasteiger partial charge in [0.2, 0.25) is 0 Å². The molecule has 0 aliphatic carbocycles. The topological polar surface area (TPSA) is 305 Å². The van der Waals surface area contributed by atoms with Gasteiger partial charge in [0.15, 0.2) is 37.4 Å². The van der Waals surface area contributed by atoms with Crippen molar-refractivity contribution in [1.82, 2.24) is 0 Å². The summed E-state index contributed by atoms with van der Waals surface area (Å²) in [6.45, 7) is 11.1. The van der Waals surface area contributed by atoms with Gasteiger partial charge in [0.25, 0.3) is 0 Å². The van der Waals surface area contributed by atoms with E-state index in [-0.39, 0.29) is 12.8 Å². The van der Waals surface area contributed by atoms with E-state index in [0.29, 0.717) is 25.7 Å². The molecule has 0 spiro atoms. The van der Waals surface area contributed by atoms with Gasteiger partial charge in [-0.05, 0) is 46.0 Å². The fraction of sp³-hybridized carbons (Fsp3) is 0.939. The second-order valence-electron chi connectivity index (χ2n) is 20.2. The fourth-order valence-electron chi connectivity index (χ4n) is 9.73. The van der Waals surface area contributed by atoms with Gasteiger partial charge in [-0.15, -0.1) is 0 Å². The molecule has 21 nitrogen and oxygen atoms in total. The first-order valence-corrected chi connectivity index (χ1v) is 25.9. The summed E-state index contributed by atoms with van der Waals surface area (Å²) in [6.07, 6.45) is -20.6. The second kappa shape index (κ2) is 27.9.